The van der Waals surface area contributed by atoms with Gasteiger partial charge < -0.3 is 10.1 Å². The SMILES string of the molecule is Cc1ccc(NC(=O)COC(=O)c2c3c(nc4ccccc24)CCC3)c(Cl)c1. The van der Waals surface area contributed by atoms with Gasteiger partial charge in [-0.3, -0.25) is 9.78 Å². The first-order valence-electron chi connectivity index (χ1n) is 9.16. The summed E-state index contributed by atoms with van der Waals surface area (Å²) in [5.41, 5.74) is 4.66. The number of carbonyl (C=O) groups is 2. The van der Waals surface area contributed by atoms with Crippen molar-refractivity contribution in [1.29, 1.82) is 0 Å². The summed E-state index contributed by atoms with van der Waals surface area (Å²) in [7, 11) is 0. The van der Waals surface area contributed by atoms with Crippen LogP contribution in [0.25, 0.3) is 10.9 Å². The number of carbonyl (C=O) groups excluding carboxylic acids is 2. The Labute approximate surface area is 167 Å². The predicted octanol–water partition coefficient (Wildman–Crippen LogP) is 4.48. The van der Waals surface area contributed by atoms with E-state index in [0.717, 1.165) is 47.0 Å². The number of anilines is 1. The highest BCUT2D eigenvalue weighted by Crippen LogP contribution is 2.30. The van der Waals surface area contributed by atoms with Crippen LogP contribution >= 0.6 is 11.6 Å². The first-order chi connectivity index (χ1) is 13.5. The number of para-hydroxylation sites is 1. The molecular weight excluding hydrogens is 376 g/mol. The summed E-state index contributed by atoms with van der Waals surface area (Å²) in [6, 6.07) is 12.8. The van der Waals surface area contributed by atoms with Crippen molar-refractivity contribution < 1.29 is 14.3 Å². The molecule has 0 saturated carbocycles. The third-order valence-corrected chi connectivity index (χ3v) is 5.17. The molecule has 0 spiro atoms. The average molecular weight is 395 g/mol. The number of aryl methyl sites for hydroxylation is 2. The van der Waals surface area contributed by atoms with Crippen molar-refractivity contribution in [2.45, 2.75) is 26.2 Å². The van der Waals surface area contributed by atoms with Crippen LogP contribution in [-0.2, 0) is 22.4 Å². The fraction of sp³-hybridized carbons (Fsp3) is 0.227. The number of nitrogens with one attached hydrogen (secondary N) is 1. The lowest BCUT2D eigenvalue weighted by Gasteiger charge is -2.12. The third-order valence-electron chi connectivity index (χ3n) is 4.86. The smallest absolute Gasteiger partial charge is 0.339 e. The summed E-state index contributed by atoms with van der Waals surface area (Å²) < 4.78 is 5.34. The van der Waals surface area contributed by atoms with Gasteiger partial charge in [-0.05, 0) is 55.5 Å². The minimum absolute atomic E-state index is 0.380. The second kappa shape index (κ2) is 7.60. The highest BCUT2D eigenvalue weighted by atomic mass is 35.5. The molecule has 1 aromatic heterocycles. The number of ether oxygens (including phenoxy) is 1. The van der Waals surface area contributed by atoms with Crippen LogP contribution in [0.3, 0.4) is 0 Å². The van der Waals surface area contributed by atoms with Crippen LogP contribution in [-0.4, -0.2) is 23.5 Å². The number of aromatic nitrogens is 1. The van der Waals surface area contributed by atoms with Gasteiger partial charge in [0.1, 0.15) is 0 Å². The van der Waals surface area contributed by atoms with Crippen molar-refractivity contribution in [2.24, 2.45) is 0 Å². The lowest BCUT2D eigenvalue weighted by atomic mass is 10.0. The molecule has 142 valence electrons. The molecule has 1 N–H and O–H groups in total. The van der Waals surface area contributed by atoms with Gasteiger partial charge in [-0.15, -0.1) is 0 Å². The van der Waals surface area contributed by atoms with E-state index in [1.165, 1.54) is 0 Å². The molecule has 4 rings (SSSR count). The fourth-order valence-electron chi connectivity index (χ4n) is 3.56. The lowest BCUT2D eigenvalue weighted by Crippen LogP contribution is -2.22. The van der Waals surface area contributed by atoms with Crippen LogP contribution in [0.15, 0.2) is 42.5 Å². The van der Waals surface area contributed by atoms with Crippen LogP contribution in [0, 0.1) is 6.92 Å². The maximum atomic E-state index is 12.8. The van der Waals surface area contributed by atoms with E-state index in [2.05, 4.69) is 10.3 Å². The number of pyridine rings is 1. The van der Waals surface area contributed by atoms with E-state index in [0.29, 0.717) is 16.3 Å². The van der Waals surface area contributed by atoms with Gasteiger partial charge in [0.25, 0.3) is 5.91 Å². The summed E-state index contributed by atoms with van der Waals surface area (Å²) >= 11 is 6.13. The molecule has 1 aliphatic rings. The van der Waals surface area contributed by atoms with Crippen LogP contribution < -0.4 is 5.32 Å². The first-order valence-corrected chi connectivity index (χ1v) is 9.54. The molecule has 28 heavy (non-hydrogen) atoms. The van der Waals surface area contributed by atoms with Gasteiger partial charge in [0.15, 0.2) is 6.61 Å². The molecule has 0 unspecified atom stereocenters. The predicted molar refractivity (Wildman–Crippen MR) is 109 cm³/mol. The summed E-state index contributed by atoms with van der Waals surface area (Å²) in [5.74, 6) is -0.934. The monoisotopic (exact) mass is 394 g/mol. The number of rotatable bonds is 4. The molecule has 3 aromatic rings. The topological polar surface area (TPSA) is 68.3 Å². The first kappa shape index (κ1) is 18.4. The zero-order chi connectivity index (χ0) is 19.7. The number of nitrogens with zero attached hydrogens (tertiary/aromatic N) is 1. The quantitative estimate of drug-likeness (QED) is 0.662. The minimum Gasteiger partial charge on any atom is -0.452 e. The maximum absolute atomic E-state index is 12.8. The van der Waals surface area contributed by atoms with Crippen molar-refractivity contribution in [3.63, 3.8) is 0 Å². The number of hydrogen-bond donors (Lipinski definition) is 1. The van der Waals surface area contributed by atoms with Crippen LogP contribution in [0.4, 0.5) is 5.69 Å². The molecule has 0 saturated heterocycles. The Morgan fingerprint density at radius 3 is 2.82 bits per heavy atom. The van der Waals surface area contributed by atoms with Gasteiger partial charge in [-0.2, -0.15) is 0 Å². The summed E-state index contributed by atoms with van der Waals surface area (Å²) in [5, 5.41) is 3.87. The van der Waals surface area contributed by atoms with Gasteiger partial charge in [0.05, 0.1) is 21.8 Å². The van der Waals surface area contributed by atoms with Crippen molar-refractivity contribution in [1.82, 2.24) is 4.98 Å². The summed E-state index contributed by atoms with van der Waals surface area (Å²) in [6.45, 7) is 1.53. The number of benzene rings is 2. The zero-order valence-electron chi connectivity index (χ0n) is 15.4. The van der Waals surface area contributed by atoms with E-state index in [1.807, 2.05) is 37.3 Å². The molecule has 1 aliphatic carbocycles. The standard InChI is InChI=1S/C22H19ClN2O3/c1-13-9-10-19(16(23)11-13)25-20(26)12-28-22(27)21-14-5-2-3-7-17(14)24-18-8-4-6-15(18)21/h2-3,5,7,9-11H,4,6,8,12H2,1H3,(H,25,26). The number of halogens is 1. The Morgan fingerprint density at radius 1 is 1.18 bits per heavy atom. The molecule has 0 aliphatic heterocycles. The molecule has 0 radical (unpaired) electrons. The molecule has 0 fully saturated rings. The van der Waals surface area contributed by atoms with E-state index >= 15 is 0 Å². The molecule has 2 aromatic carbocycles. The van der Waals surface area contributed by atoms with Crippen molar-refractivity contribution >= 4 is 40.1 Å². The molecule has 5 nitrogen and oxygen atoms in total. The van der Waals surface area contributed by atoms with Gasteiger partial charge in [0, 0.05) is 11.1 Å². The molecule has 1 heterocycles. The summed E-state index contributed by atoms with van der Waals surface area (Å²) in [4.78, 5) is 29.7. The highest BCUT2D eigenvalue weighted by molar-refractivity contribution is 6.33. The normalized spacial score (nSPS) is 12.6. The van der Waals surface area contributed by atoms with Crippen molar-refractivity contribution in [3.05, 3.63) is 69.9 Å². The highest BCUT2D eigenvalue weighted by Gasteiger charge is 2.25. The lowest BCUT2D eigenvalue weighted by molar-refractivity contribution is -0.119. The van der Waals surface area contributed by atoms with E-state index < -0.39 is 11.9 Å². The largest absolute Gasteiger partial charge is 0.452 e. The molecule has 0 atom stereocenters. The van der Waals surface area contributed by atoms with E-state index in [-0.39, 0.29) is 6.61 Å². The third kappa shape index (κ3) is 3.58. The molecular formula is C22H19ClN2O3. The van der Waals surface area contributed by atoms with E-state index in [4.69, 9.17) is 16.3 Å². The van der Waals surface area contributed by atoms with E-state index in [9.17, 15) is 9.59 Å². The fourth-order valence-corrected chi connectivity index (χ4v) is 3.84. The number of esters is 1. The number of fused-ring (bicyclic) bond motifs is 2. The van der Waals surface area contributed by atoms with Gasteiger partial charge >= 0.3 is 5.97 Å². The Morgan fingerprint density at radius 2 is 2.00 bits per heavy atom. The van der Waals surface area contributed by atoms with E-state index in [1.54, 1.807) is 12.1 Å². The Hall–Kier alpha value is -2.92. The zero-order valence-corrected chi connectivity index (χ0v) is 16.2. The van der Waals surface area contributed by atoms with Crippen LogP contribution in [0.1, 0.15) is 33.6 Å². The maximum Gasteiger partial charge on any atom is 0.339 e. The van der Waals surface area contributed by atoms with Gasteiger partial charge in [0.2, 0.25) is 0 Å². The Balaban J connectivity index is 1.52. The minimum atomic E-state index is -0.498. The summed E-state index contributed by atoms with van der Waals surface area (Å²) in [6.07, 6.45) is 2.61. The van der Waals surface area contributed by atoms with Crippen LogP contribution in [0.2, 0.25) is 5.02 Å². The molecule has 6 heteroatoms. The van der Waals surface area contributed by atoms with Gasteiger partial charge in [-0.25, -0.2) is 4.79 Å². The molecule has 1 amide bonds. The Bertz CT molecular complexity index is 1090. The second-order valence-corrected chi connectivity index (χ2v) is 7.30. The van der Waals surface area contributed by atoms with Crippen molar-refractivity contribution in [2.75, 3.05) is 11.9 Å². The van der Waals surface area contributed by atoms with Gasteiger partial charge in [-0.1, -0.05) is 35.9 Å². The number of hydrogen-bond acceptors (Lipinski definition) is 4. The Kier molecular flexibility index (Phi) is 5.01. The van der Waals surface area contributed by atoms with Crippen molar-refractivity contribution in [3.8, 4) is 0 Å². The number of amides is 1. The second-order valence-electron chi connectivity index (χ2n) is 6.89. The average Bonchev–Trinajstić information content (AvgIpc) is 3.14. The van der Waals surface area contributed by atoms with Crippen LogP contribution in [0.5, 0.6) is 0 Å². The molecule has 0 bridgehead atoms.